The Labute approximate surface area is 122 Å². The molecule has 0 bridgehead atoms. The molecule has 7 heteroatoms. The van der Waals surface area contributed by atoms with E-state index in [0.717, 1.165) is 19.4 Å². The number of morpholine rings is 1. The van der Waals surface area contributed by atoms with Gasteiger partial charge in [0.1, 0.15) is 0 Å². The number of rotatable bonds is 4. The van der Waals surface area contributed by atoms with Crippen LogP contribution >= 0.6 is 0 Å². The Morgan fingerprint density at radius 1 is 1.25 bits per heavy atom. The van der Waals surface area contributed by atoms with Crippen LogP contribution in [0.15, 0.2) is 0 Å². The molecule has 2 aliphatic rings. The average Bonchev–Trinajstić information content (AvgIpc) is 2.42. The maximum Gasteiger partial charge on any atom is 0.282 e. The van der Waals surface area contributed by atoms with Gasteiger partial charge in [-0.3, -0.25) is 0 Å². The molecule has 1 N–H and O–H groups in total. The van der Waals surface area contributed by atoms with Gasteiger partial charge in [0.15, 0.2) is 0 Å². The summed E-state index contributed by atoms with van der Waals surface area (Å²) in [6.07, 6.45) is 1.85. The molecule has 118 valence electrons. The first kappa shape index (κ1) is 16.2. The van der Waals surface area contributed by atoms with Crippen LogP contribution in [0.2, 0.25) is 0 Å². The van der Waals surface area contributed by atoms with Crippen molar-refractivity contribution in [1.82, 2.24) is 13.9 Å². The van der Waals surface area contributed by atoms with Crippen molar-refractivity contribution in [3.63, 3.8) is 0 Å². The van der Waals surface area contributed by atoms with Gasteiger partial charge in [0.2, 0.25) is 0 Å². The summed E-state index contributed by atoms with van der Waals surface area (Å²) in [5.74, 6) is 0.590. The van der Waals surface area contributed by atoms with Crippen molar-refractivity contribution >= 4 is 10.2 Å². The maximum absolute atomic E-state index is 12.7. The number of nitrogens with zero attached hydrogens (tertiary/aromatic N) is 2. The van der Waals surface area contributed by atoms with E-state index in [4.69, 9.17) is 4.74 Å². The van der Waals surface area contributed by atoms with Crippen LogP contribution < -0.4 is 5.32 Å². The van der Waals surface area contributed by atoms with Crippen molar-refractivity contribution in [1.29, 1.82) is 0 Å². The predicted octanol–water partition coefficient (Wildman–Crippen LogP) is 0.272. The third-order valence-corrected chi connectivity index (χ3v) is 6.36. The van der Waals surface area contributed by atoms with E-state index in [-0.39, 0.29) is 12.1 Å². The highest BCUT2D eigenvalue weighted by atomic mass is 32.2. The molecule has 0 aromatic heterocycles. The van der Waals surface area contributed by atoms with Crippen LogP contribution in [0.1, 0.15) is 26.7 Å². The highest BCUT2D eigenvalue weighted by Crippen LogP contribution is 2.24. The van der Waals surface area contributed by atoms with Crippen molar-refractivity contribution in [2.45, 2.75) is 38.8 Å². The summed E-state index contributed by atoms with van der Waals surface area (Å²) >= 11 is 0. The third-order valence-electron chi connectivity index (χ3n) is 4.24. The van der Waals surface area contributed by atoms with Crippen molar-refractivity contribution in [2.24, 2.45) is 5.92 Å². The van der Waals surface area contributed by atoms with Crippen LogP contribution in [-0.4, -0.2) is 69.0 Å². The Kier molecular flexibility index (Phi) is 5.42. The van der Waals surface area contributed by atoms with Crippen LogP contribution in [-0.2, 0) is 14.9 Å². The Hall–Kier alpha value is -0.210. The molecule has 0 spiro atoms. The largest absolute Gasteiger partial charge is 0.375 e. The lowest BCUT2D eigenvalue weighted by Crippen LogP contribution is -2.56. The van der Waals surface area contributed by atoms with E-state index in [1.54, 1.807) is 8.61 Å². The Morgan fingerprint density at radius 3 is 2.50 bits per heavy atom. The molecular weight excluding hydrogens is 278 g/mol. The number of hydrogen-bond donors (Lipinski definition) is 1. The fourth-order valence-electron chi connectivity index (χ4n) is 2.98. The van der Waals surface area contributed by atoms with Crippen molar-refractivity contribution in [2.75, 3.05) is 39.8 Å². The summed E-state index contributed by atoms with van der Waals surface area (Å²) in [4.78, 5) is 0. The molecule has 6 nitrogen and oxygen atoms in total. The Morgan fingerprint density at radius 2 is 1.90 bits per heavy atom. The predicted molar refractivity (Wildman–Crippen MR) is 78.7 cm³/mol. The van der Waals surface area contributed by atoms with E-state index in [2.05, 4.69) is 5.32 Å². The van der Waals surface area contributed by atoms with Crippen LogP contribution in [0, 0.1) is 5.92 Å². The zero-order valence-electron chi connectivity index (χ0n) is 12.7. The van der Waals surface area contributed by atoms with E-state index in [1.807, 2.05) is 20.9 Å². The third kappa shape index (κ3) is 3.51. The van der Waals surface area contributed by atoms with E-state index < -0.39 is 10.2 Å². The van der Waals surface area contributed by atoms with E-state index >= 15 is 0 Å². The highest BCUT2D eigenvalue weighted by Gasteiger charge is 2.38. The molecule has 2 aliphatic heterocycles. The highest BCUT2D eigenvalue weighted by molar-refractivity contribution is 7.86. The summed E-state index contributed by atoms with van der Waals surface area (Å²) < 4.78 is 34.3. The summed E-state index contributed by atoms with van der Waals surface area (Å²) in [5.41, 5.74) is 0. The quantitative estimate of drug-likeness (QED) is 0.810. The molecule has 2 atom stereocenters. The van der Waals surface area contributed by atoms with E-state index in [1.165, 1.54) is 0 Å². The molecule has 0 unspecified atom stereocenters. The summed E-state index contributed by atoms with van der Waals surface area (Å²) in [5, 5.41) is 3.17. The lowest BCUT2D eigenvalue weighted by Gasteiger charge is -2.40. The fraction of sp³-hybridized carbons (Fsp3) is 1.00. The Balaban J connectivity index is 2.00. The minimum Gasteiger partial charge on any atom is -0.375 e. The van der Waals surface area contributed by atoms with Gasteiger partial charge in [0.25, 0.3) is 10.2 Å². The van der Waals surface area contributed by atoms with Crippen molar-refractivity contribution in [3.8, 4) is 0 Å². The molecule has 0 amide bonds. The molecule has 2 rings (SSSR count). The van der Waals surface area contributed by atoms with Gasteiger partial charge < -0.3 is 10.1 Å². The normalized spacial score (nSPS) is 31.6. The summed E-state index contributed by atoms with van der Waals surface area (Å²) in [7, 11) is -1.39. The van der Waals surface area contributed by atoms with Crippen LogP contribution in [0.4, 0.5) is 0 Å². The maximum atomic E-state index is 12.7. The minimum absolute atomic E-state index is 0.0252. The van der Waals surface area contributed by atoms with Gasteiger partial charge in [0, 0.05) is 25.7 Å². The average molecular weight is 305 g/mol. The summed E-state index contributed by atoms with van der Waals surface area (Å²) in [6.45, 7) is 7.01. The van der Waals surface area contributed by atoms with Crippen molar-refractivity contribution in [3.05, 3.63) is 0 Å². The first-order chi connectivity index (χ1) is 9.45. The van der Waals surface area contributed by atoms with E-state index in [0.29, 0.717) is 32.2 Å². The van der Waals surface area contributed by atoms with Crippen LogP contribution in [0.3, 0.4) is 0 Å². The molecule has 2 heterocycles. The number of ether oxygens (including phenoxy) is 1. The second kappa shape index (κ2) is 6.70. The van der Waals surface area contributed by atoms with Gasteiger partial charge in [-0.1, -0.05) is 0 Å². The number of piperidine rings is 1. The molecule has 20 heavy (non-hydrogen) atoms. The number of nitrogens with one attached hydrogen (secondary N) is 1. The van der Waals surface area contributed by atoms with Gasteiger partial charge in [-0.15, -0.1) is 0 Å². The SMILES string of the molecule is CNCC1CCN(S(=O)(=O)N2C[C@H](C)OC[C@H]2C)CC1. The van der Waals surface area contributed by atoms with E-state index in [9.17, 15) is 8.42 Å². The molecule has 0 radical (unpaired) electrons. The lowest BCUT2D eigenvalue weighted by molar-refractivity contribution is -0.0194. The zero-order valence-corrected chi connectivity index (χ0v) is 13.5. The van der Waals surface area contributed by atoms with Gasteiger partial charge in [-0.25, -0.2) is 0 Å². The monoisotopic (exact) mass is 305 g/mol. The second-order valence-corrected chi connectivity index (χ2v) is 7.85. The van der Waals surface area contributed by atoms with Crippen LogP contribution in [0.5, 0.6) is 0 Å². The topological polar surface area (TPSA) is 61.9 Å². The smallest absolute Gasteiger partial charge is 0.282 e. The molecule has 0 aliphatic carbocycles. The van der Waals surface area contributed by atoms with Gasteiger partial charge in [-0.05, 0) is 46.2 Å². The molecule has 0 saturated carbocycles. The molecular formula is C13H27N3O3S. The lowest BCUT2D eigenvalue weighted by atomic mass is 9.98. The first-order valence-electron chi connectivity index (χ1n) is 7.48. The summed E-state index contributed by atoms with van der Waals surface area (Å²) in [6, 6.07) is -0.0776. The van der Waals surface area contributed by atoms with Gasteiger partial charge in [-0.2, -0.15) is 17.0 Å². The molecule has 2 fully saturated rings. The molecule has 2 saturated heterocycles. The minimum atomic E-state index is -3.34. The first-order valence-corrected chi connectivity index (χ1v) is 8.88. The van der Waals surface area contributed by atoms with Gasteiger partial charge in [0.05, 0.1) is 12.7 Å². The number of hydrogen-bond acceptors (Lipinski definition) is 4. The zero-order chi connectivity index (χ0) is 14.8. The van der Waals surface area contributed by atoms with Gasteiger partial charge >= 0.3 is 0 Å². The van der Waals surface area contributed by atoms with Crippen LogP contribution in [0.25, 0.3) is 0 Å². The molecule has 0 aromatic rings. The van der Waals surface area contributed by atoms with Crippen molar-refractivity contribution < 1.29 is 13.2 Å². The molecule has 0 aromatic carbocycles. The standard InChI is InChI=1S/C13H27N3O3S/c1-11-10-19-12(2)9-16(11)20(17,18)15-6-4-13(5-7-15)8-14-3/h11-14H,4-10H2,1-3H3/t11-,12+/m1/s1. The second-order valence-electron chi connectivity index (χ2n) is 5.97. The fourth-order valence-corrected chi connectivity index (χ4v) is 4.86. The Bertz CT molecular complexity index is 407.